The van der Waals surface area contributed by atoms with E-state index in [2.05, 4.69) is 17.0 Å². The fraction of sp³-hybridized carbons (Fsp3) is 0.278. The molecule has 0 N–H and O–H groups in total. The lowest BCUT2D eigenvalue weighted by molar-refractivity contribution is 0.0896. The Morgan fingerprint density at radius 3 is 2.18 bits per heavy atom. The molecule has 0 saturated carbocycles. The van der Waals surface area contributed by atoms with E-state index in [0.29, 0.717) is 5.02 Å². The van der Waals surface area contributed by atoms with E-state index in [9.17, 15) is 4.79 Å². The van der Waals surface area contributed by atoms with Crippen LogP contribution in [0.1, 0.15) is 15.9 Å². The van der Waals surface area contributed by atoms with Crippen molar-refractivity contribution in [2.45, 2.75) is 6.42 Å². The summed E-state index contributed by atoms with van der Waals surface area (Å²) in [6.07, 6.45) is 0.750. The van der Waals surface area contributed by atoms with E-state index in [1.165, 1.54) is 5.56 Å². The second-order valence-electron chi connectivity index (χ2n) is 5.52. The van der Waals surface area contributed by atoms with Crippen molar-refractivity contribution in [3.05, 3.63) is 70.7 Å². The third-order valence-electron chi connectivity index (χ3n) is 3.41. The number of Topliss-reactive ketones (excluding diaryl/α,β-unsaturated/α-hetero) is 1. The van der Waals surface area contributed by atoms with Crippen LogP contribution in [-0.4, -0.2) is 31.3 Å². The van der Waals surface area contributed by atoms with Crippen molar-refractivity contribution >= 4 is 29.8 Å². The van der Waals surface area contributed by atoms with Crippen molar-refractivity contribution < 1.29 is 4.79 Å². The molecule has 0 radical (unpaired) electrons. The number of hydrogen-bond acceptors (Lipinski definition) is 2. The lowest BCUT2D eigenvalue weighted by Gasteiger charge is -2.20. The lowest BCUT2D eigenvalue weighted by atomic mass is 9.91. The number of benzene rings is 2. The predicted molar refractivity (Wildman–Crippen MR) is 95.2 cm³/mol. The van der Waals surface area contributed by atoms with Gasteiger partial charge in [0.05, 0.1) is 0 Å². The number of nitrogens with zero attached hydrogens (tertiary/aromatic N) is 1. The number of hydrogen-bond donors (Lipinski definition) is 0. The molecule has 0 heterocycles. The Bertz CT molecular complexity index is 582. The summed E-state index contributed by atoms with van der Waals surface area (Å²) in [5.74, 6) is 0.118. The molecule has 4 heteroatoms. The van der Waals surface area contributed by atoms with Crippen molar-refractivity contribution in [1.29, 1.82) is 0 Å². The van der Waals surface area contributed by atoms with E-state index in [-0.39, 0.29) is 24.1 Å². The molecule has 0 aromatic heterocycles. The zero-order valence-electron chi connectivity index (χ0n) is 12.8. The van der Waals surface area contributed by atoms with Crippen LogP contribution in [0.2, 0.25) is 5.02 Å². The van der Waals surface area contributed by atoms with Gasteiger partial charge in [-0.3, -0.25) is 4.79 Å². The third-order valence-corrected chi connectivity index (χ3v) is 3.66. The molecule has 0 aliphatic rings. The van der Waals surface area contributed by atoms with Gasteiger partial charge >= 0.3 is 0 Å². The molecule has 0 bridgehead atoms. The predicted octanol–water partition coefficient (Wildman–Crippen LogP) is 4.37. The molecule has 118 valence electrons. The van der Waals surface area contributed by atoms with Crippen LogP contribution in [0.3, 0.4) is 0 Å². The normalized spacial score (nSPS) is 11.8. The van der Waals surface area contributed by atoms with Gasteiger partial charge in [-0.25, -0.2) is 0 Å². The van der Waals surface area contributed by atoms with Gasteiger partial charge in [-0.15, -0.1) is 12.4 Å². The average Bonchev–Trinajstić information content (AvgIpc) is 2.47. The van der Waals surface area contributed by atoms with Crippen LogP contribution in [0.4, 0.5) is 0 Å². The Kier molecular flexibility index (Phi) is 7.60. The summed E-state index contributed by atoms with van der Waals surface area (Å²) in [6.45, 7) is 0.732. The smallest absolute Gasteiger partial charge is 0.167 e. The van der Waals surface area contributed by atoms with E-state index in [1.54, 1.807) is 24.3 Å². The number of rotatable bonds is 6. The van der Waals surface area contributed by atoms with Crippen LogP contribution >= 0.6 is 24.0 Å². The Morgan fingerprint density at radius 1 is 1.05 bits per heavy atom. The SMILES string of the molecule is CN(C)C[C@H](Cc1ccccc1)C(=O)c1ccc(Cl)cc1.Cl. The molecule has 2 aromatic carbocycles. The Morgan fingerprint density at radius 2 is 1.64 bits per heavy atom. The summed E-state index contributed by atoms with van der Waals surface area (Å²) in [6, 6.07) is 17.3. The molecule has 0 unspecified atom stereocenters. The molecule has 0 fully saturated rings. The van der Waals surface area contributed by atoms with Gasteiger partial charge in [0.1, 0.15) is 0 Å². The largest absolute Gasteiger partial charge is 0.309 e. The summed E-state index contributed by atoms with van der Waals surface area (Å²) in [7, 11) is 3.99. The highest BCUT2D eigenvalue weighted by atomic mass is 35.5. The molecule has 22 heavy (non-hydrogen) atoms. The standard InChI is InChI=1S/C18H20ClNO.ClH/c1-20(2)13-16(12-14-6-4-3-5-7-14)18(21)15-8-10-17(19)11-9-15;/h3-11,16H,12-13H2,1-2H3;1H/t16-;/m0./s1. The van der Waals surface area contributed by atoms with Crippen molar-refractivity contribution in [1.82, 2.24) is 4.90 Å². The molecule has 0 spiro atoms. The van der Waals surface area contributed by atoms with Crippen LogP contribution in [-0.2, 0) is 6.42 Å². The van der Waals surface area contributed by atoms with Crippen LogP contribution in [0.15, 0.2) is 54.6 Å². The highest BCUT2D eigenvalue weighted by molar-refractivity contribution is 6.30. The molecule has 0 saturated heterocycles. The van der Waals surface area contributed by atoms with E-state index < -0.39 is 0 Å². The van der Waals surface area contributed by atoms with Gasteiger partial charge in [-0.1, -0.05) is 41.9 Å². The first-order valence-electron chi connectivity index (χ1n) is 7.04. The van der Waals surface area contributed by atoms with Crippen LogP contribution in [0.5, 0.6) is 0 Å². The van der Waals surface area contributed by atoms with Gasteiger partial charge < -0.3 is 4.90 Å². The fourth-order valence-electron chi connectivity index (χ4n) is 2.43. The number of ketones is 1. The van der Waals surface area contributed by atoms with E-state index >= 15 is 0 Å². The topological polar surface area (TPSA) is 20.3 Å². The molecule has 0 amide bonds. The summed E-state index contributed by atoms with van der Waals surface area (Å²) < 4.78 is 0. The lowest BCUT2D eigenvalue weighted by Crippen LogP contribution is -2.29. The van der Waals surface area contributed by atoms with E-state index in [1.807, 2.05) is 32.3 Å². The molecule has 0 aliphatic carbocycles. The average molecular weight is 338 g/mol. The maximum absolute atomic E-state index is 12.7. The molecular weight excluding hydrogens is 317 g/mol. The van der Waals surface area contributed by atoms with Gasteiger partial charge in [0.15, 0.2) is 5.78 Å². The Balaban J connectivity index is 0.00000242. The third kappa shape index (κ3) is 5.45. The summed E-state index contributed by atoms with van der Waals surface area (Å²) in [5.41, 5.74) is 1.91. The van der Waals surface area contributed by atoms with Crippen molar-refractivity contribution in [3.63, 3.8) is 0 Å². The monoisotopic (exact) mass is 337 g/mol. The van der Waals surface area contributed by atoms with E-state index in [0.717, 1.165) is 18.5 Å². The van der Waals surface area contributed by atoms with Crippen molar-refractivity contribution in [2.75, 3.05) is 20.6 Å². The van der Waals surface area contributed by atoms with Gasteiger partial charge in [-0.05, 0) is 50.3 Å². The molecule has 1 atom stereocenters. The first-order chi connectivity index (χ1) is 10.1. The zero-order chi connectivity index (χ0) is 15.2. The van der Waals surface area contributed by atoms with Crippen LogP contribution in [0, 0.1) is 5.92 Å². The molecule has 0 aliphatic heterocycles. The molecule has 2 aromatic rings. The van der Waals surface area contributed by atoms with Crippen LogP contribution < -0.4 is 0 Å². The minimum Gasteiger partial charge on any atom is -0.309 e. The first kappa shape index (κ1) is 18.7. The maximum Gasteiger partial charge on any atom is 0.167 e. The van der Waals surface area contributed by atoms with Gasteiger partial charge in [0.25, 0.3) is 0 Å². The van der Waals surface area contributed by atoms with Crippen LogP contribution in [0.25, 0.3) is 0 Å². The van der Waals surface area contributed by atoms with Gasteiger partial charge in [-0.2, -0.15) is 0 Å². The first-order valence-corrected chi connectivity index (χ1v) is 7.42. The Hall–Kier alpha value is -1.35. The second kappa shape index (κ2) is 8.94. The number of carbonyl (C=O) groups is 1. The molecule has 2 rings (SSSR count). The molecular formula is C18H21Cl2NO. The zero-order valence-corrected chi connectivity index (χ0v) is 14.4. The van der Waals surface area contributed by atoms with Crippen molar-refractivity contribution in [3.8, 4) is 0 Å². The quantitative estimate of drug-likeness (QED) is 0.729. The maximum atomic E-state index is 12.7. The molecule has 2 nitrogen and oxygen atoms in total. The van der Waals surface area contributed by atoms with E-state index in [4.69, 9.17) is 11.6 Å². The number of halogens is 2. The second-order valence-corrected chi connectivity index (χ2v) is 5.96. The van der Waals surface area contributed by atoms with Gasteiger partial charge in [0, 0.05) is 23.0 Å². The summed E-state index contributed by atoms with van der Waals surface area (Å²) in [4.78, 5) is 14.8. The summed E-state index contributed by atoms with van der Waals surface area (Å²) in [5, 5.41) is 0.652. The minimum atomic E-state index is -0.0522. The number of carbonyl (C=O) groups excluding carboxylic acids is 1. The highest BCUT2D eigenvalue weighted by Crippen LogP contribution is 2.18. The summed E-state index contributed by atoms with van der Waals surface area (Å²) >= 11 is 5.89. The fourth-order valence-corrected chi connectivity index (χ4v) is 2.56. The minimum absolute atomic E-state index is 0. The van der Waals surface area contributed by atoms with Gasteiger partial charge in [0.2, 0.25) is 0 Å². The van der Waals surface area contributed by atoms with Crippen molar-refractivity contribution in [2.24, 2.45) is 5.92 Å². The Labute approximate surface area is 143 Å². The highest BCUT2D eigenvalue weighted by Gasteiger charge is 2.21.